The van der Waals surface area contributed by atoms with Gasteiger partial charge < -0.3 is 19.3 Å². The minimum atomic E-state index is -1.63. The molecule has 3 aliphatic heterocycles. The molecule has 9 heteroatoms. The van der Waals surface area contributed by atoms with E-state index in [1.54, 1.807) is 23.1 Å². The van der Waals surface area contributed by atoms with Crippen LogP contribution in [0.4, 0.5) is 0 Å². The van der Waals surface area contributed by atoms with Crippen LogP contribution in [0.1, 0.15) is 42.6 Å². The fourth-order valence-electron chi connectivity index (χ4n) is 4.23. The molecule has 1 N–H and O–H groups in total. The number of amides is 4. The van der Waals surface area contributed by atoms with Gasteiger partial charge in [-0.2, -0.15) is 0 Å². The maximum atomic E-state index is 13.1. The Labute approximate surface area is 200 Å². The normalized spacial score (nSPS) is 26.3. The fourth-order valence-corrected chi connectivity index (χ4v) is 4.23. The lowest BCUT2D eigenvalue weighted by Gasteiger charge is -2.29. The van der Waals surface area contributed by atoms with Crippen LogP contribution in [0.25, 0.3) is 0 Å². The van der Waals surface area contributed by atoms with Crippen molar-refractivity contribution in [2.24, 2.45) is 0 Å². The summed E-state index contributed by atoms with van der Waals surface area (Å²) in [6.07, 6.45) is -3.12. The molecular weight excluding hydrogens is 438 g/mol. The number of carbonyl (C=O) groups is 4. The lowest BCUT2D eigenvalue weighted by molar-refractivity contribution is -0.143. The summed E-state index contributed by atoms with van der Waals surface area (Å²) < 4.78 is 34.9. The quantitative estimate of drug-likeness (QED) is 0.645. The highest BCUT2D eigenvalue weighted by atomic mass is 16.5. The summed E-state index contributed by atoms with van der Waals surface area (Å²) in [5.41, 5.74) is 2.73. The van der Waals surface area contributed by atoms with Gasteiger partial charge in [-0.25, -0.2) is 0 Å². The molecule has 5 rings (SSSR count). The van der Waals surface area contributed by atoms with Gasteiger partial charge in [-0.1, -0.05) is 30.3 Å². The molecule has 0 aliphatic carbocycles. The molecule has 2 fully saturated rings. The van der Waals surface area contributed by atoms with Gasteiger partial charge >= 0.3 is 0 Å². The first-order valence-electron chi connectivity index (χ1n) is 12.6. The molecule has 0 radical (unpaired) electrons. The van der Waals surface area contributed by atoms with Crippen molar-refractivity contribution in [1.82, 2.24) is 15.1 Å². The van der Waals surface area contributed by atoms with E-state index in [1.807, 2.05) is 24.3 Å². The van der Waals surface area contributed by atoms with E-state index in [0.717, 1.165) is 16.0 Å². The number of rotatable bonds is 6. The van der Waals surface area contributed by atoms with E-state index in [0.29, 0.717) is 36.6 Å². The van der Waals surface area contributed by atoms with Crippen LogP contribution in [0, 0.1) is 0 Å². The van der Waals surface area contributed by atoms with Crippen LogP contribution >= 0.6 is 0 Å². The summed E-state index contributed by atoms with van der Waals surface area (Å²) in [4.78, 5) is 52.4. The van der Waals surface area contributed by atoms with Gasteiger partial charge in [0.2, 0.25) is 17.7 Å². The first-order chi connectivity index (χ1) is 17.8. The molecule has 2 saturated heterocycles. The second-order valence-electron chi connectivity index (χ2n) is 8.28. The Kier molecular flexibility index (Phi) is 5.09. The van der Waals surface area contributed by atoms with E-state index in [1.165, 1.54) is 0 Å². The second-order valence-corrected chi connectivity index (χ2v) is 8.28. The number of hydrogen-bond donors (Lipinski definition) is 1. The third kappa shape index (κ3) is 4.38. The number of hydrogen-bond acceptors (Lipinski definition) is 6. The van der Waals surface area contributed by atoms with E-state index in [4.69, 9.17) is 13.6 Å². The van der Waals surface area contributed by atoms with E-state index < -0.39 is 36.6 Å². The van der Waals surface area contributed by atoms with Gasteiger partial charge in [0, 0.05) is 33.4 Å². The average Bonchev–Trinajstić information content (AvgIpc) is 3.24. The zero-order valence-electron chi connectivity index (χ0n) is 21.3. The monoisotopic (exact) mass is 466 g/mol. The second kappa shape index (κ2) is 9.26. The van der Waals surface area contributed by atoms with Crippen molar-refractivity contribution < 1.29 is 32.8 Å². The minimum Gasteiger partial charge on any atom is -0.489 e. The number of nitrogens with zero attached hydrogens (tertiary/aromatic N) is 2. The zero-order chi connectivity index (χ0) is 26.3. The van der Waals surface area contributed by atoms with Crippen LogP contribution in [0.2, 0.25) is 1.41 Å². The summed E-state index contributed by atoms with van der Waals surface area (Å²) in [5.74, 6) is -2.16. The molecule has 3 unspecified atom stereocenters. The Morgan fingerprint density at radius 1 is 1.12 bits per heavy atom. The van der Waals surface area contributed by atoms with Gasteiger partial charge in [0.05, 0.1) is 13.2 Å². The lowest BCUT2D eigenvalue weighted by atomic mass is 10.0. The van der Waals surface area contributed by atoms with Gasteiger partial charge in [-0.3, -0.25) is 24.5 Å². The lowest BCUT2D eigenvalue weighted by Crippen LogP contribution is -2.52. The molecule has 2 aromatic rings. The highest BCUT2D eigenvalue weighted by molar-refractivity contribution is 6.05. The van der Waals surface area contributed by atoms with Crippen LogP contribution in [0.3, 0.4) is 0 Å². The first-order valence-corrected chi connectivity index (χ1v) is 11.0. The first kappa shape index (κ1) is 18.7. The van der Waals surface area contributed by atoms with Crippen molar-refractivity contribution in [3.8, 4) is 5.75 Å². The SMILES string of the molecule is [2H]C1C(=O)N([2H])C(=O)C(N2Cc3c(OCc4ccc(CN5CCOCC5=O)cc4)cccc3C2=O)C1[2H]. The predicted octanol–water partition coefficient (Wildman–Crippen LogP) is 1.39. The largest absolute Gasteiger partial charge is 0.489 e. The van der Waals surface area contributed by atoms with Crippen LogP contribution < -0.4 is 10.0 Å². The van der Waals surface area contributed by atoms with Gasteiger partial charge in [0.25, 0.3) is 5.91 Å². The van der Waals surface area contributed by atoms with Gasteiger partial charge in [0.15, 0.2) is 1.41 Å². The number of fused-ring (bicyclic) bond motifs is 1. The average molecular weight is 467 g/mol. The Morgan fingerprint density at radius 2 is 1.91 bits per heavy atom. The van der Waals surface area contributed by atoms with E-state index in [9.17, 15) is 19.2 Å². The Bertz CT molecular complexity index is 1260. The number of piperidine rings is 1. The summed E-state index contributed by atoms with van der Waals surface area (Å²) in [6.45, 7) is 1.88. The van der Waals surface area contributed by atoms with Crippen LogP contribution in [0.15, 0.2) is 42.5 Å². The maximum Gasteiger partial charge on any atom is 0.255 e. The van der Waals surface area contributed by atoms with Crippen LogP contribution in [-0.2, 0) is 38.8 Å². The number of carbonyl (C=O) groups excluding carboxylic acids is 4. The molecule has 0 saturated carbocycles. The van der Waals surface area contributed by atoms with Crippen LogP contribution in [-0.4, -0.2) is 59.2 Å². The number of nitrogens with one attached hydrogen (secondary N) is 1. The van der Waals surface area contributed by atoms with Gasteiger partial charge in [-0.15, -0.1) is 0 Å². The molecule has 3 aliphatic rings. The molecule has 3 atom stereocenters. The summed E-state index contributed by atoms with van der Waals surface area (Å²) in [5, 5.41) is 0.0830. The zero-order valence-corrected chi connectivity index (χ0v) is 18.3. The molecule has 2 aromatic carbocycles. The molecule has 0 bridgehead atoms. The van der Waals surface area contributed by atoms with Crippen molar-refractivity contribution in [3.05, 3.63) is 64.7 Å². The fraction of sp³-hybridized carbons (Fsp3) is 0.360. The molecular formula is C25H25N3O6. The minimum absolute atomic E-state index is 0.0304. The summed E-state index contributed by atoms with van der Waals surface area (Å²) in [7, 11) is 0. The van der Waals surface area contributed by atoms with Gasteiger partial charge in [-0.05, 0) is 29.7 Å². The molecule has 176 valence electrons. The molecule has 3 heterocycles. The van der Waals surface area contributed by atoms with E-state index in [-0.39, 0.29) is 31.0 Å². The predicted molar refractivity (Wildman–Crippen MR) is 119 cm³/mol. The molecule has 4 amide bonds. The van der Waals surface area contributed by atoms with E-state index in [2.05, 4.69) is 0 Å². The van der Waals surface area contributed by atoms with Crippen molar-refractivity contribution >= 4 is 23.6 Å². The molecule has 34 heavy (non-hydrogen) atoms. The van der Waals surface area contributed by atoms with Crippen molar-refractivity contribution in [2.75, 3.05) is 19.8 Å². The maximum absolute atomic E-state index is 13.1. The molecule has 9 nitrogen and oxygen atoms in total. The number of benzene rings is 2. The highest BCUT2D eigenvalue weighted by Gasteiger charge is 2.40. The third-order valence-electron chi connectivity index (χ3n) is 6.06. The third-order valence-corrected chi connectivity index (χ3v) is 6.06. The molecule has 0 spiro atoms. The Hall–Kier alpha value is -3.72. The summed E-state index contributed by atoms with van der Waals surface area (Å²) in [6, 6.07) is 11.2. The number of morpholine rings is 1. The topological polar surface area (TPSA) is 105 Å². The van der Waals surface area contributed by atoms with Crippen LogP contribution in [0.5, 0.6) is 5.75 Å². The van der Waals surface area contributed by atoms with Gasteiger partial charge in [0.1, 0.15) is 25.0 Å². The van der Waals surface area contributed by atoms with E-state index >= 15 is 0 Å². The number of imide groups is 1. The number of ether oxygens (including phenoxy) is 2. The van der Waals surface area contributed by atoms with Crippen molar-refractivity contribution in [3.63, 3.8) is 0 Å². The highest BCUT2D eigenvalue weighted by Crippen LogP contribution is 2.34. The Balaban J connectivity index is 1.27. The molecule has 0 aromatic heterocycles. The Morgan fingerprint density at radius 3 is 2.71 bits per heavy atom. The van der Waals surface area contributed by atoms with Crippen molar-refractivity contribution in [2.45, 2.75) is 38.5 Å². The standard InChI is InChI=1S/C25H25N3O6/c29-22-9-8-20(24(31)26-22)28-13-19-18(25(28)32)2-1-3-21(19)34-14-17-6-4-16(5-7-17)12-27-10-11-33-15-23(27)30/h1-7,20H,8-15H2,(H,26,29,31)/i8D,9D/hD. The van der Waals surface area contributed by atoms with Crippen molar-refractivity contribution in [1.29, 1.82) is 0 Å². The smallest absolute Gasteiger partial charge is 0.255 e. The summed E-state index contributed by atoms with van der Waals surface area (Å²) >= 11 is 0.